The summed E-state index contributed by atoms with van der Waals surface area (Å²) in [4.78, 5) is 0. The molecule has 0 aromatic carbocycles. The summed E-state index contributed by atoms with van der Waals surface area (Å²) in [5.41, 5.74) is 0. The van der Waals surface area contributed by atoms with Crippen LogP contribution in [0.5, 0.6) is 0 Å². The third kappa shape index (κ3) is 6.31. The van der Waals surface area contributed by atoms with E-state index >= 15 is 0 Å². The number of rotatable bonds is 8. The van der Waals surface area contributed by atoms with Gasteiger partial charge in [-0.2, -0.15) is 0 Å². The van der Waals surface area contributed by atoms with Crippen molar-refractivity contribution in [2.24, 2.45) is 0 Å². The molecule has 0 fully saturated rings. The molecule has 0 saturated carbocycles. The van der Waals surface area contributed by atoms with Crippen LogP contribution in [0.4, 0.5) is 0 Å². The Balaban J connectivity index is 3.43. The molecule has 84 valence electrons. The summed E-state index contributed by atoms with van der Waals surface area (Å²) in [7, 11) is 1.57. The summed E-state index contributed by atoms with van der Waals surface area (Å²) in [6.45, 7) is 5.54. The van der Waals surface area contributed by atoms with E-state index in [1.54, 1.807) is 14.2 Å². The molecule has 0 radical (unpaired) electrons. The second-order valence-electron chi connectivity index (χ2n) is 3.29. The lowest BCUT2D eigenvalue weighted by atomic mass is 10.5. The molecule has 0 unspecified atom stereocenters. The maximum Gasteiger partial charge on any atom is 0.334 e. The summed E-state index contributed by atoms with van der Waals surface area (Å²) in [6.07, 6.45) is 4.99. The number of hydrogen-bond acceptors (Lipinski definition) is 3. The predicted octanol–water partition coefficient (Wildman–Crippen LogP) is 2.33. The first-order valence-corrected chi connectivity index (χ1v) is 7.50. The van der Waals surface area contributed by atoms with E-state index in [4.69, 9.17) is 13.6 Å². The lowest BCUT2D eigenvalue weighted by Crippen LogP contribution is -2.36. The fourth-order valence-electron chi connectivity index (χ4n) is 1.03. The highest BCUT2D eigenvalue weighted by molar-refractivity contribution is 6.65. The van der Waals surface area contributed by atoms with Gasteiger partial charge in [0.2, 0.25) is 0 Å². The van der Waals surface area contributed by atoms with Gasteiger partial charge in [0.05, 0.1) is 6.61 Å². The van der Waals surface area contributed by atoms with E-state index in [-0.39, 0.29) is 0 Å². The van der Waals surface area contributed by atoms with Gasteiger partial charge in [-0.15, -0.1) is 0 Å². The van der Waals surface area contributed by atoms with Gasteiger partial charge in [0.15, 0.2) is 0 Å². The van der Waals surface area contributed by atoms with E-state index in [1.807, 2.05) is 19.1 Å². The molecule has 0 aliphatic carbocycles. The fourth-order valence-corrected chi connectivity index (χ4v) is 2.39. The van der Waals surface area contributed by atoms with Crippen LogP contribution >= 0.6 is 0 Å². The van der Waals surface area contributed by atoms with E-state index in [0.29, 0.717) is 6.61 Å². The van der Waals surface area contributed by atoms with E-state index in [2.05, 4.69) is 6.55 Å². The molecule has 0 aliphatic rings. The van der Waals surface area contributed by atoms with E-state index in [9.17, 15) is 0 Å². The Hall–Kier alpha value is -0.163. The summed E-state index contributed by atoms with van der Waals surface area (Å²) in [5.74, 6) is 0. The standard InChI is InChI=1S/C10H22O3Si/c1-5-6-8-13-9-7-10-14(4,11-2)12-3/h5-6H,7-10H2,1-4H3. The van der Waals surface area contributed by atoms with Crippen molar-refractivity contribution in [3.05, 3.63) is 12.2 Å². The van der Waals surface area contributed by atoms with Crippen molar-refractivity contribution in [2.45, 2.75) is 25.9 Å². The van der Waals surface area contributed by atoms with Gasteiger partial charge in [-0.05, 0) is 25.9 Å². The minimum atomic E-state index is -1.86. The minimum Gasteiger partial charge on any atom is -0.398 e. The zero-order chi connectivity index (χ0) is 10.9. The lowest BCUT2D eigenvalue weighted by Gasteiger charge is -2.22. The monoisotopic (exact) mass is 218 g/mol. The first-order valence-electron chi connectivity index (χ1n) is 4.97. The lowest BCUT2D eigenvalue weighted by molar-refractivity contribution is 0.158. The molecule has 0 heterocycles. The molecule has 0 N–H and O–H groups in total. The van der Waals surface area contributed by atoms with Crippen LogP contribution in [-0.4, -0.2) is 36.0 Å². The third-order valence-corrected chi connectivity index (χ3v) is 5.22. The van der Waals surface area contributed by atoms with Crippen LogP contribution in [0.2, 0.25) is 12.6 Å². The molecule has 0 aromatic heterocycles. The Bertz CT molecular complexity index is 155. The molecule has 3 nitrogen and oxygen atoms in total. The molecular weight excluding hydrogens is 196 g/mol. The van der Waals surface area contributed by atoms with E-state index in [1.165, 1.54) is 0 Å². The average Bonchev–Trinajstić information content (AvgIpc) is 2.23. The van der Waals surface area contributed by atoms with Crippen LogP contribution in [-0.2, 0) is 13.6 Å². The third-order valence-electron chi connectivity index (χ3n) is 2.23. The maximum atomic E-state index is 5.38. The van der Waals surface area contributed by atoms with E-state index in [0.717, 1.165) is 19.1 Å². The largest absolute Gasteiger partial charge is 0.398 e. The molecule has 0 aromatic rings. The molecule has 0 spiro atoms. The quantitative estimate of drug-likeness (QED) is 0.355. The number of allylic oxidation sites excluding steroid dienone is 1. The van der Waals surface area contributed by atoms with Crippen LogP contribution in [0.1, 0.15) is 13.3 Å². The van der Waals surface area contributed by atoms with Crippen LogP contribution in [0.25, 0.3) is 0 Å². The average molecular weight is 218 g/mol. The summed E-state index contributed by atoms with van der Waals surface area (Å²) in [5, 5.41) is 0. The van der Waals surface area contributed by atoms with Crippen LogP contribution < -0.4 is 0 Å². The Kier molecular flexibility index (Phi) is 8.08. The van der Waals surface area contributed by atoms with Gasteiger partial charge in [-0.25, -0.2) is 0 Å². The Morgan fingerprint density at radius 1 is 1.21 bits per heavy atom. The van der Waals surface area contributed by atoms with Gasteiger partial charge in [0, 0.05) is 20.8 Å². The van der Waals surface area contributed by atoms with Crippen LogP contribution in [0.3, 0.4) is 0 Å². The number of hydrogen-bond donors (Lipinski definition) is 0. The topological polar surface area (TPSA) is 27.7 Å². The molecular formula is C10H22O3Si. The fraction of sp³-hybridized carbons (Fsp3) is 0.800. The summed E-state index contributed by atoms with van der Waals surface area (Å²) < 4.78 is 16.1. The normalized spacial score (nSPS) is 12.6. The Morgan fingerprint density at radius 3 is 2.36 bits per heavy atom. The molecule has 0 atom stereocenters. The van der Waals surface area contributed by atoms with E-state index < -0.39 is 8.56 Å². The SMILES string of the molecule is CC=CCOCCC[Si](C)(OC)OC. The second-order valence-corrected chi connectivity index (χ2v) is 6.87. The van der Waals surface area contributed by atoms with Gasteiger partial charge < -0.3 is 13.6 Å². The first-order chi connectivity index (χ1) is 6.68. The number of ether oxygens (including phenoxy) is 1. The van der Waals surface area contributed by atoms with Gasteiger partial charge in [-0.1, -0.05) is 12.2 Å². The van der Waals surface area contributed by atoms with Crippen LogP contribution in [0, 0.1) is 0 Å². The zero-order valence-electron chi connectivity index (χ0n) is 9.71. The summed E-state index contributed by atoms with van der Waals surface area (Å²) in [6, 6.07) is 0.982. The molecule has 0 saturated heterocycles. The van der Waals surface area contributed by atoms with Crippen LogP contribution in [0.15, 0.2) is 12.2 Å². The highest BCUT2D eigenvalue weighted by Gasteiger charge is 2.27. The second kappa shape index (κ2) is 8.17. The van der Waals surface area contributed by atoms with Gasteiger partial charge in [-0.3, -0.25) is 0 Å². The van der Waals surface area contributed by atoms with Crippen molar-refractivity contribution in [2.75, 3.05) is 27.4 Å². The van der Waals surface area contributed by atoms with Crippen molar-refractivity contribution in [3.63, 3.8) is 0 Å². The molecule has 0 amide bonds. The summed E-state index contributed by atoms with van der Waals surface area (Å²) >= 11 is 0. The van der Waals surface area contributed by atoms with Crippen molar-refractivity contribution < 1.29 is 13.6 Å². The maximum absolute atomic E-state index is 5.38. The highest BCUT2D eigenvalue weighted by atomic mass is 28.4. The highest BCUT2D eigenvalue weighted by Crippen LogP contribution is 2.13. The van der Waals surface area contributed by atoms with Gasteiger partial charge in [0.25, 0.3) is 0 Å². The van der Waals surface area contributed by atoms with Crippen molar-refractivity contribution in [1.29, 1.82) is 0 Å². The molecule has 0 aliphatic heterocycles. The zero-order valence-corrected chi connectivity index (χ0v) is 10.7. The smallest absolute Gasteiger partial charge is 0.334 e. The minimum absolute atomic E-state index is 0.703. The van der Waals surface area contributed by atoms with Gasteiger partial charge in [0.1, 0.15) is 0 Å². The molecule has 14 heavy (non-hydrogen) atoms. The molecule has 0 bridgehead atoms. The van der Waals surface area contributed by atoms with Crippen molar-refractivity contribution >= 4 is 8.56 Å². The van der Waals surface area contributed by atoms with Crippen molar-refractivity contribution in [1.82, 2.24) is 0 Å². The van der Waals surface area contributed by atoms with Gasteiger partial charge >= 0.3 is 8.56 Å². The molecule has 0 rings (SSSR count). The Labute approximate surface area is 88.3 Å². The van der Waals surface area contributed by atoms with Crippen molar-refractivity contribution in [3.8, 4) is 0 Å². The molecule has 4 heteroatoms. The predicted molar refractivity (Wildman–Crippen MR) is 60.7 cm³/mol. The Morgan fingerprint density at radius 2 is 1.86 bits per heavy atom. The first kappa shape index (κ1) is 13.8.